The maximum atomic E-state index is 11.9. The predicted octanol–water partition coefficient (Wildman–Crippen LogP) is 1.89. The molecule has 2 aliphatic heterocycles. The summed E-state index contributed by atoms with van der Waals surface area (Å²) in [6, 6.07) is 1.28. The second kappa shape index (κ2) is 6.71. The van der Waals surface area contributed by atoms with Crippen molar-refractivity contribution >= 4 is 5.97 Å². The van der Waals surface area contributed by atoms with Crippen LogP contribution in [-0.4, -0.2) is 60.6 Å². The number of fused-ring (bicyclic) bond motifs is 2. The lowest BCUT2D eigenvalue weighted by Crippen LogP contribution is -2.43. The molecule has 0 aliphatic carbocycles. The van der Waals surface area contributed by atoms with Crippen LogP contribution >= 0.6 is 0 Å². The van der Waals surface area contributed by atoms with E-state index in [-0.39, 0.29) is 12.1 Å². The first kappa shape index (κ1) is 14.8. The highest BCUT2D eigenvalue weighted by Gasteiger charge is 2.39. The Kier molecular flexibility index (Phi) is 5.22. The van der Waals surface area contributed by atoms with Gasteiger partial charge in [-0.1, -0.05) is 13.8 Å². The summed E-state index contributed by atoms with van der Waals surface area (Å²) in [5, 5.41) is 0. The van der Waals surface area contributed by atoms with Gasteiger partial charge >= 0.3 is 5.97 Å². The van der Waals surface area contributed by atoms with Crippen LogP contribution in [0.4, 0.5) is 0 Å². The van der Waals surface area contributed by atoms with Gasteiger partial charge in [0.2, 0.25) is 0 Å². The molecule has 0 aromatic carbocycles. The molecule has 2 bridgehead atoms. The van der Waals surface area contributed by atoms with E-state index in [1.54, 1.807) is 0 Å². The molecule has 19 heavy (non-hydrogen) atoms. The number of hydrogen-bond acceptors (Lipinski definition) is 4. The highest BCUT2D eigenvalue weighted by atomic mass is 16.5. The fourth-order valence-electron chi connectivity index (χ4n) is 3.49. The molecule has 2 atom stereocenters. The van der Waals surface area contributed by atoms with E-state index in [0.717, 1.165) is 32.5 Å². The van der Waals surface area contributed by atoms with E-state index in [2.05, 4.69) is 30.7 Å². The monoisotopic (exact) mass is 268 g/mol. The summed E-state index contributed by atoms with van der Waals surface area (Å²) >= 11 is 0. The first-order valence-corrected chi connectivity index (χ1v) is 7.77. The summed E-state index contributed by atoms with van der Waals surface area (Å²) in [5.41, 5.74) is 0. The van der Waals surface area contributed by atoms with Crippen LogP contribution < -0.4 is 0 Å². The number of carbonyl (C=O) groups is 1. The van der Waals surface area contributed by atoms with E-state index in [0.29, 0.717) is 18.5 Å². The summed E-state index contributed by atoms with van der Waals surface area (Å²) in [5.74, 6) is -0.0131. The van der Waals surface area contributed by atoms with Crippen molar-refractivity contribution < 1.29 is 9.53 Å². The Morgan fingerprint density at radius 1 is 1.21 bits per heavy atom. The van der Waals surface area contributed by atoms with Crippen molar-refractivity contribution in [1.82, 2.24) is 9.80 Å². The van der Waals surface area contributed by atoms with Crippen LogP contribution in [0.1, 0.15) is 46.0 Å². The fraction of sp³-hybridized carbons (Fsp3) is 0.933. The van der Waals surface area contributed by atoms with Crippen LogP contribution in [0.25, 0.3) is 0 Å². The van der Waals surface area contributed by atoms with Gasteiger partial charge in [-0.25, -0.2) is 0 Å². The molecule has 4 nitrogen and oxygen atoms in total. The molecule has 0 saturated carbocycles. The second-order valence-electron chi connectivity index (χ2n) is 5.91. The van der Waals surface area contributed by atoms with Crippen molar-refractivity contribution in [1.29, 1.82) is 0 Å². The molecule has 0 aromatic rings. The maximum absolute atomic E-state index is 11.9. The highest BCUT2D eigenvalue weighted by Crippen LogP contribution is 2.35. The van der Waals surface area contributed by atoms with Gasteiger partial charge in [-0.05, 0) is 45.8 Å². The molecule has 2 saturated heterocycles. The van der Waals surface area contributed by atoms with Crippen LogP contribution in [0.15, 0.2) is 0 Å². The lowest BCUT2D eigenvalue weighted by Gasteiger charge is -2.35. The molecule has 0 aromatic heterocycles. The van der Waals surface area contributed by atoms with Gasteiger partial charge in [0.15, 0.2) is 0 Å². The molecule has 110 valence electrons. The molecule has 2 rings (SSSR count). The van der Waals surface area contributed by atoms with Crippen molar-refractivity contribution in [2.75, 3.05) is 26.7 Å². The summed E-state index contributed by atoms with van der Waals surface area (Å²) in [6.07, 6.45) is 5.30. The van der Waals surface area contributed by atoms with E-state index in [1.165, 1.54) is 12.8 Å². The molecule has 2 heterocycles. The summed E-state index contributed by atoms with van der Waals surface area (Å²) in [4.78, 5) is 16.6. The Bertz CT molecular complexity index is 291. The topological polar surface area (TPSA) is 32.8 Å². The van der Waals surface area contributed by atoms with Crippen molar-refractivity contribution in [2.45, 2.75) is 64.1 Å². The number of ether oxygens (including phenoxy) is 1. The summed E-state index contributed by atoms with van der Waals surface area (Å²) < 4.78 is 5.67. The van der Waals surface area contributed by atoms with Gasteiger partial charge in [0, 0.05) is 18.6 Å². The van der Waals surface area contributed by atoms with Crippen LogP contribution in [0.5, 0.6) is 0 Å². The quantitative estimate of drug-likeness (QED) is 0.689. The van der Waals surface area contributed by atoms with E-state index < -0.39 is 0 Å². The number of esters is 1. The van der Waals surface area contributed by atoms with E-state index in [4.69, 9.17) is 4.74 Å². The van der Waals surface area contributed by atoms with Gasteiger partial charge in [-0.2, -0.15) is 0 Å². The minimum atomic E-state index is -0.0131. The Labute approximate surface area is 117 Å². The number of rotatable bonds is 6. The van der Waals surface area contributed by atoms with Gasteiger partial charge in [0.25, 0.3) is 0 Å². The zero-order valence-corrected chi connectivity index (χ0v) is 12.6. The van der Waals surface area contributed by atoms with E-state index in [1.807, 2.05) is 0 Å². The van der Waals surface area contributed by atoms with Gasteiger partial charge < -0.3 is 14.5 Å². The van der Waals surface area contributed by atoms with Crippen LogP contribution in [-0.2, 0) is 9.53 Å². The van der Waals surface area contributed by atoms with Crippen molar-refractivity contribution in [3.63, 3.8) is 0 Å². The molecular formula is C15H28N2O2. The molecule has 0 radical (unpaired) electrons. The largest absolute Gasteiger partial charge is 0.462 e. The Morgan fingerprint density at radius 2 is 1.79 bits per heavy atom. The van der Waals surface area contributed by atoms with E-state index in [9.17, 15) is 4.79 Å². The maximum Gasteiger partial charge on any atom is 0.307 e. The number of nitrogens with zero attached hydrogens (tertiary/aromatic N) is 2. The third-order valence-electron chi connectivity index (χ3n) is 4.88. The van der Waals surface area contributed by atoms with Gasteiger partial charge in [-0.3, -0.25) is 4.79 Å². The van der Waals surface area contributed by atoms with Gasteiger partial charge in [0.1, 0.15) is 6.10 Å². The fourth-order valence-corrected chi connectivity index (χ4v) is 3.49. The standard InChI is InChI=1S/C15H28N2O2/c1-4-17(5-2)9-8-15(18)19-14-10-12-6-7-13(11-14)16(12)3/h12-14H,4-11H2,1-3H3/t12-,13-/m0/s1. The second-order valence-corrected chi connectivity index (χ2v) is 5.91. The minimum absolute atomic E-state index is 0.0131. The Morgan fingerprint density at radius 3 is 2.32 bits per heavy atom. The molecule has 2 fully saturated rings. The van der Waals surface area contributed by atoms with Crippen LogP contribution in [0, 0.1) is 0 Å². The summed E-state index contributed by atoms with van der Waals surface area (Å²) in [7, 11) is 2.21. The van der Waals surface area contributed by atoms with Crippen molar-refractivity contribution in [2.24, 2.45) is 0 Å². The van der Waals surface area contributed by atoms with Gasteiger partial charge in [0.05, 0.1) is 6.42 Å². The predicted molar refractivity (Wildman–Crippen MR) is 76.1 cm³/mol. The number of piperidine rings is 1. The molecule has 0 spiro atoms. The smallest absolute Gasteiger partial charge is 0.307 e. The average molecular weight is 268 g/mol. The Balaban J connectivity index is 1.71. The van der Waals surface area contributed by atoms with Crippen LogP contribution in [0.2, 0.25) is 0 Å². The number of hydrogen-bond donors (Lipinski definition) is 0. The molecule has 4 heteroatoms. The lowest BCUT2D eigenvalue weighted by atomic mass is 10.0. The van der Waals surface area contributed by atoms with Crippen LogP contribution in [0.3, 0.4) is 0 Å². The van der Waals surface area contributed by atoms with Crippen molar-refractivity contribution in [3.8, 4) is 0 Å². The molecular weight excluding hydrogens is 240 g/mol. The first-order valence-electron chi connectivity index (χ1n) is 7.77. The van der Waals surface area contributed by atoms with Gasteiger partial charge in [-0.15, -0.1) is 0 Å². The highest BCUT2D eigenvalue weighted by molar-refractivity contribution is 5.69. The zero-order valence-electron chi connectivity index (χ0n) is 12.6. The number of carbonyl (C=O) groups excluding carboxylic acids is 1. The SMILES string of the molecule is CCN(CC)CCC(=O)OC1C[C@@H]2CC[C@@H](C1)N2C. The normalized spacial score (nSPS) is 30.8. The lowest BCUT2D eigenvalue weighted by molar-refractivity contribution is -0.152. The third kappa shape index (κ3) is 3.69. The van der Waals surface area contributed by atoms with E-state index >= 15 is 0 Å². The zero-order chi connectivity index (χ0) is 13.8. The average Bonchev–Trinajstić information content (AvgIpc) is 2.63. The molecule has 2 aliphatic rings. The first-order chi connectivity index (χ1) is 9.13. The Hall–Kier alpha value is -0.610. The summed E-state index contributed by atoms with van der Waals surface area (Å²) in [6.45, 7) is 7.09. The molecule has 0 N–H and O–H groups in total. The molecule has 0 unspecified atom stereocenters. The minimum Gasteiger partial charge on any atom is -0.462 e. The molecule has 0 amide bonds. The third-order valence-corrected chi connectivity index (χ3v) is 4.88. The van der Waals surface area contributed by atoms with Crippen molar-refractivity contribution in [3.05, 3.63) is 0 Å².